The first-order chi connectivity index (χ1) is 9.84. The zero-order valence-corrected chi connectivity index (χ0v) is 14.7. The third-order valence-corrected chi connectivity index (χ3v) is 5.74. The third-order valence-electron chi connectivity index (χ3n) is 3.97. The predicted octanol–water partition coefficient (Wildman–Crippen LogP) is 2.38. The second-order valence-electron chi connectivity index (χ2n) is 5.96. The van der Waals surface area contributed by atoms with Gasteiger partial charge in [-0.2, -0.15) is 0 Å². The molecule has 4 nitrogen and oxygen atoms in total. The van der Waals surface area contributed by atoms with Crippen molar-refractivity contribution >= 4 is 26.0 Å². The molecule has 6 heteroatoms. The van der Waals surface area contributed by atoms with E-state index in [1.165, 1.54) is 11.8 Å². The SMILES string of the molecule is CS(=O)(=O)N1CCCC(CC(N)Cc2cccc(Br)c2)C1. The fourth-order valence-electron chi connectivity index (χ4n) is 3.00. The van der Waals surface area contributed by atoms with E-state index in [9.17, 15) is 8.42 Å². The smallest absolute Gasteiger partial charge is 0.211 e. The van der Waals surface area contributed by atoms with E-state index in [4.69, 9.17) is 5.73 Å². The number of sulfonamides is 1. The lowest BCUT2D eigenvalue weighted by Crippen LogP contribution is -2.41. The fraction of sp³-hybridized carbons (Fsp3) is 0.600. The summed E-state index contributed by atoms with van der Waals surface area (Å²) in [7, 11) is -3.07. The number of hydrogen-bond donors (Lipinski definition) is 1. The van der Waals surface area contributed by atoms with Gasteiger partial charge < -0.3 is 5.73 Å². The first-order valence-electron chi connectivity index (χ1n) is 7.30. The van der Waals surface area contributed by atoms with E-state index in [0.29, 0.717) is 19.0 Å². The molecule has 0 amide bonds. The van der Waals surface area contributed by atoms with Crippen molar-refractivity contribution < 1.29 is 8.42 Å². The quantitative estimate of drug-likeness (QED) is 0.860. The Morgan fingerprint density at radius 2 is 2.24 bits per heavy atom. The summed E-state index contributed by atoms with van der Waals surface area (Å²) in [6, 6.07) is 8.25. The van der Waals surface area contributed by atoms with E-state index < -0.39 is 10.0 Å². The van der Waals surface area contributed by atoms with Gasteiger partial charge in [-0.1, -0.05) is 28.1 Å². The van der Waals surface area contributed by atoms with Crippen LogP contribution in [0.15, 0.2) is 28.7 Å². The van der Waals surface area contributed by atoms with Crippen molar-refractivity contribution in [1.29, 1.82) is 0 Å². The van der Waals surface area contributed by atoms with Crippen LogP contribution in [0, 0.1) is 5.92 Å². The predicted molar refractivity (Wildman–Crippen MR) is 89.6 cm³/mol. The van der Waals surface area contributed by atoms with Crippen molar-refractivity contribution in [2.45, 2.75) is 31.7 Å². The molecule has 2 atom stereocenters. The van der Waals surface area contributed by atoms with Crippen LogP contribution >= 0.6 is 15.9 Å². The van der Waals surface area contributed by atoms with Gasteiger partial charge in [0.25, 0.3) is 0 Å². The normalized spacial score (nSPS) is 22.1. The Morgan fingerprint density at radius 1 is 1.48 bits per heavy atom. The number of nitrogens with two attached hydrogens (primary N) is 1. The molecule has 118 valence electrons. The molecule has 0 aliphatic carbocycles. The monoisotopic (exact) mass is 374 g/mol. The maximum Gasteiger partial charge on any atom is 0.211 e. The van der Waals surface area contributed by atoms with Crippen molar-refractivity contribution in [2.24, 2.45) is 11.7 Å². The standard InChI is InChI=1S/C15H23BrN2O2S/c1-21(19,20)18-7-3-5-13(11-18)10-15(17)9-12-4-2-6-14(16)8-12/h2,4,6,8,13,15H,3,5,7,9-11,17H2,1H3. The molecule has 1 saturated heterocycles. The van der Waals surface area contributed by atoms with Crippen LogP contribution in [0.25, 0.3) is 0 Å². The molecule has 21 heavy (non-hydrogen) atoms. The molecule has 0 bridgehead atoms. The lowest BCUT2D eigenvalue weighted by Gasteiger charge is -2.32. The largest absolute Gasteiger partial charge is 0.327 e. The number of piperidine rings is 1. The van der Waals surface area contributed by atoms with Crippen LogP contribution in [-0.2, 0) is 16.4 Å². The third kappa shape index (κ3) is 5.36. The maximum absolute atomic E-state index is 11.6. The maximum atomic E-state index is 11.6. The topological polar surface area (TPSA) is 63.4 Å². The molecule has 2 unspecified atom stereocenters. The number of halogens is 1. The Morgan fingerprint density at radius 3 is 2.90 bits per heavy atom. The molecule has 2 rings (SSSR count). The van der Waals surface area contributed by atoms with E-state index in [-0.39, 0.29) is 6.04 Å². The van der Waals surface area contributed by atoms with Gasteiger partial charge in [0.2, 0.25) is 10.0 Å². The van der Waals surface area contributed by atoms with E-state index in [2.05, 4.69) is 28.1 Å². The molecule has 0 radical (unpaired) electrons. The van der Waals surface area contributed by atoms with Gasteiger partial charge in [-0.05, 0) is 49.3 Å². The van der Waals surface area contributed by atoms with Crippen LogP contribution in [0.4, 0.5) is 0 Å². The minimum Gasteiger partial charge on any atom is -0.327 e. The molecule has 1 aliphatic heterocycles. The summed E-state index contributed by atoms with van der Waals surface area (Å²) in [4.78, 5) is 0. The second kappa shape index (κ2) is 7.22. The summed E-state index contributed by atoms with van der Waals surface area (Å²) in [5.74, 6) is 0.371. The first kappa shape index (κ1) is 16.9. The van der Waals surface area contributed by atoms with Crippen LogP contribution < -0.4 is 5.73 Å². The molecule has 0 spiro atoms. The zero-order chi connectivity index (χ0) is 15.5. The molecule has 1 aromatic carbocycles. The molecular weight excluding hydrogens is 352 g/mol. The van der Waals surface area contributed by atoms with Crippen LogP contribution in [0.1, 0.15) is 24.8 Å². The van der Waals surface area contributed by atoms with Crippen molar-refractivity contribution in [3.05, 3.63) is 34.3 Å². The molecule has 1 aromatic rings. The summed E-state index contributed by atoms with van der Waals surface area (Å²) in [5, 5.41) is 0. The van der Waals surface area contributed by atoms with Gasteiger partial charge in [0.05, 0.1) is 6.26 Å². The van der Waals surface area contributed by atoms with Crippen LogP contribution in [0.3, 0.4) is 0 Å². The Bertz CT molecular complexity index is 577. The van der Waals surface area contributed by atoms with E-state index in [0.717, 1.165) is 30.2 Å². The lowest BCUT2D eigenvalue weighted by molar-refractivity contribution is 0.246. The highest BCUT2D eigenvalue weighted by atomic mass is 79.9. The molecule has 1 aliphatic rings. The van der Waals surface area contributed by atoms with Gasteiger partial charge in [0.15, 0.2) is 0 Å². The number of rotatable bonds is 5. The van der Waals surface area contributed by atoms with Crippen LogP contribution in [0.5, 0.6) is 0 Å². The van der Waals surface area contributed by atoms with Crippen molar-refractivity contribution in [1.82, 2.24) is 4.31 Å². The first-order valence-corrected chi connectivity index (χ1v) is 9.94. The summed E-state index contributed by atoms with van der Waals surface area (Å²) < 4.78 is 25.9. The van der Waals surface area contributed by atoms with Gasteiger partial charge >= 0.3 is 0 Å². The molecule has 1 fully saturated rings. The minimum absolute atomic E-state index is 0.0730. The molecule has 1 heterocycles. The molecular formula is C15H23BrN2O2S. The van der Waals surface area contributed by atoms with E-state index >= 15 is 0 Å². The molecule has 2 N–H and O–H groups in total. The minimum atomic E-state index is -3.07. The lowest BCUT2D eigenvalue weighted by atomic mass is 9.90. The number of nitrogens with zero attached hydrogens (tertiary/aromatic N) is 1. The van der Waals surface area contributed by atoms with Gasteiger partial charge in [0.1, 0.15) is 0 Å². The number of hydrogen-bond acceptors (Lipinski definition) is 3. The van der Waals surface area contributed by atoms with Gasteiger partial charge in [-0.25, -0.2) is 12.7 Å². The highest BCUT2D eigenvalue weighted by Crippen LogP contribution is 2.23. The highest BCUT2D eigenvalue weighted by molar-refractivity contribution is 9.10. The Kier molecular flexibility index (Phi) is 5.82. The molecule has 0 aromatic heterocycles. The van der Waals surface area contributed by atoms with Crippen LogP contribution in [-0.4, -0.2) is 38.1 Å². The highest BCUT2D eigenvalue weighted by Gasteiger charge is 2.26. The summed E-state index contributed by atoms with van der Waals surface area (Å²) in [6.45, 7) is 1.27. The van der Waals surface area contributed by atoms with Crippen molar-refractivity contribution in [3.63, 3.8) is 0 Å². The van der Waals surface area contributed by atoms with Crippen molar-refractivity contribution in [3.8, 4) is 0 Å². The van der Waals surface area contributed by atoms with E-state index in [1.807, 2.05) is 12.1 Å². The second-order valence-corrected chi connectivity index (χ2v) is 8.86. The van der Waals surface area contributed by atoms with Crippen molar-refractivity contribution in [2.75, 3.05) is 19.3 Å². The Hall–Kier alpha value is -0.430. The Balaban J connectivity index is 1.89. The van der Waals surface area contributed by atoms with Crippen LogP contribution in [0.2, 0.25) is 0 Å². The van der Waals surface area contributed by atoms with Gasteiger partial charge in [-0.3, -0.25) is 0 Å². The molecule has 0 saturated carbocycles. The zero-order valence-electron chi connectivity index (χ0n) is 12.3. The van der Waals surface area contributed by atoms with Gasteiger partial charge in [0, 0.05) is 23.6 Å². The van der Waals surface area contributed by atoms with E-state index in [1.54, 1.807) is 4.31 Å². The summed E-state index contributed by atoms with van der Waals surface area (Å²) in [5.41, 5.74) is 7.47. The average molecular weight is 375 g/mol. The van der Waals surface area contributed by atoms with Gasteiger partial charge in [-0.15, -0.1) is 0 Å². The number of benzene rings is 1. The fourth-order valence-corrected chi connectivity index (χ4v) is 4.39. The summed E-state index contributed by atoms with van der Waals surface area (Å²) in [6.07, 6.45) is 4.99. The average Bonchev–Trinajstić information content (AvgIpc) is 2.37. The Labute approximate surface area is 135 Å². The summed E-state index contributed by atoms with van der Waals surface area (Å²) >= 11 is 3.47.